The molecule has 1 rings (SSSR count). The van der Waals surface area contributed by atoms with E-state index < -0.39 is 67.3 Å². The number of rotatable bonds is 8. The molecule has 0 aliphatic heterocycles. The average Bonchev–Trinajstić information content (AvgIpc) is 2.59. The van der Waals surface area contributed by atoms with Gasteiger partial charge in [0.15, 0.2) is 3.57 Å². The zero-order valence-electron chi connectivity index (χ0n) is 13.6. The van der Waals surface area contributed by atoms with Crippen LogP contribution in [0.4, 0.5) is 65.9 Å². The topological polar surface area (TPSA) is 0 Å². The van der Waals surface area contributed by atoms with E-state index >= 15 is 0 Å². The van der Waals surface area contributed by atoms with E-state index in [2.05, 4.69) is 0 Å². The van der Waals surface area contributed by atoms with Crippen LogP contribution in [0.25, 0.3) is 0 Å². The maximum atomic E-state index is 13.6. The first-order chi connectivity index (χ1) is 13.1. The highest BCUT2D eigenvalue weighted by molar-refractivity contribution is 5.13. The predicted molar refractivity (Wildman–Crippen MR) is 65.7 cm³/mol. The smallest absolute Gasteiger partial charge is 0.195 e. The fourth-order valence-corrected chi connectivity index (χ4v) is 4.07. The van der Waals surface area contributed by atoms with Crippen molar-refractivity contribution in [3.63, 3.8) is 0 Å². The van der Waals surface area contributed by atoms with Crippen molar-refractivity contribution in [2.75, 3.05) is 4.43 Å². The highest BCUT2D eigenvalue weighted by Crippen LogP contribution is 2.62. The third kappa shape index (κ3) is 4.03. The van der Waals surface area contributed by atoms with E-state index in [1.54, 1.807) is 0 Å². The normalized spacial score (nSPS) is 15.4. The van der Waals surface area contributed by atoms with Crippen LogP contribution >= 0.6 is 0 Å². The first-order valence-electron chi connectivity index (χ1n) is 7.06. The van der Waals surface area contributed by atoms with Crippen LogP contribution in [0, 0.1) is 3.57 Å². The third-order valence-electron chi connectivity index (χ3n) is 3.51. The molecule has 0 spiro atoms. The van der Waals surface area contributed by atoms with E-state index in [1.165, 1.54) is 18.2 Å². The molecule has 174 valence electrons. The van der Waals surface area contributed by atoms with E-state index in [9.17, 15) is 65.9 Å². The minimum Gasteiger partial charge on any atom is -0.195 e. The standard InChI is InChI=1S/C14H7F15I/c15-8(16,6-30-7-4-2-1-3-5-7)9(17,18)10(19,20)11(21,22)12(23,24)13(25,26)14(27,28)29/h1-5H,6H2/q+1. The maximum absolute atomic E-state index is 13.6. The molecule has 0 saturated heterocycles. The molecule has 16 heteroatoms. The molecule has 0 unspecified atom stereocenters. The predicted octanol–water partition coefficient (Wildman–Crippen LogP) is 3.32. The van der Waals surface area contributed by atoms with Gasteiger partial charge in [-0.15, -0.1) is 0 Å². The van der Waals surface area contributed by atoms with Crippen molar-refractivity contribution in [2.24, 2.45) is 0 Å². The number of halogens is 16. The number of benzene rings is 1. The SMILES string of the molecule is FC(F)(F)C(F)(F)C(F)(F)C(F)(F)C(F)(F)C(F)(F)C(F)(F)C[I+]c1ccccc1. The monoisotopic (exact) mass is 587 g/mol. The summed E-state index contributed by atoms with van der Waals surface area (Å²) in [7, 11) is 0. The Kier molecular flexibility index (Phi) is 7.00. The Morgan fingerprint density at radius 2 is 0.867 bits per heavy atom. The second kappa shape index (κ2) is 7.79. The first-order valence-corrected chi connectivity index (χ1v) is 9.66. The molecule has 0 amide bonds. The Balaban J connectivity index is 3.36. The lowest BCUT2D eigenvalue weighted by molar-refractivity contribution is -0.651. The summed E-state index contributed by atoms with van der Waals surface area (Å²) >= 11 is -2.31. The van der Waals surface area contributed by atoms with E-state index in [4.69, 9.17) is 0 Å². The molecule has 0 nitrogen and oxygen atoms in total. The molecule has 30 heavy (non-hydrogen) atoms. The molecule has 1 aromatic rings. The fraction of sp³-hybridized carbons (Fsp3) is 0.571. The van der Waals surface area contributed by atoms with Gasteiger partial charge in [-0.05, 0) is 12.1 Å². The minimum absolute atomic E-state index is 0.101. The summed E-state index contributed by atoms with van der Waals surface area (Å²) in [6, 6.07) is 5.86. The molecule has 0 atom stereocenters. The molecule has 0 radical (unpaired) electrons. The Morgan fingerprint density at radius 1 is 0.500 bits per heavy atom. The van der Waals surface area contributed by atoms with Gasteiger partial charge in [-0.1, -0.05) is 18.2 Å². The lowest BCUT2D eigenvalue weighted by Gasteiger charge is -2.40. The Morgan fingerprint density at radius 3 is 1.27 bits per heavy atom. The van der Waals surface area contributed by atoms with Crippen LogP contribution in [-0.4, -0.2) is 46.1 Å². The second-order valence-electron chi connectivity index (χ2n) is 5.64. The molecule has 0 saturated carbocycles. The largest absolute Gasteiger partial charge is 0.460 e. The third-order valence-corrected chi connectivity index (χ3v) is 6.45. The summed E-state index contributed by atoms with van der Waals surface area (Å²) in [6.07, 6.45) is -7.59. The van der Waals surface area contributed by atoms with Crippen LogP contribution in [0.5, 0.6) is 0 Å². The van der Waals surface area contributed by atoms with Crippen LogP contribution in [0.15, 0.2) is 30.3 Å². The highest BCUT2D eigenvalue weighted by Gasteiger charge is 2.93. The summed E-state index contributed by atoms with van der Waals surface area (Å²) in [5, 5.41) is 0. The van der Waals surface area contributed by atoms with Crippen molar-refractivity contribution in [3.8, 4) is 0 Å². The number of hydrogen-bond donors (Lipinski definition) is 0. The van der Waals surface area contributed by atoms with Crippen LogP contribution in [0.3, 0.4) is 0 Å². The van der Waals surface area contributed by atoms with Crippen LogP contribution < -0.4 is 21.2 Å². The van der Waals surface area contributed by atoms with Crippen molar-refractivity contribution >= 4 is 0 Å². The molecule has 0 bridgehead atoms. The van der Waals surface area contributed by atoms with Gasteiger partial charge in [0.05, 0.1) is 0 Å². The van der Waals surface area contributed by atoms with E-state index in [0.29, 0.717) is 0 Å². The summed E-state index contributed by atoms with van der Waals surface area (Å²) in [4.78, 5) is 0. The molecule has 0 aromatic heterocycles. The van der Waals surface area contributed by atoms with Crippen LogP contribution in [-0.2, 0) is 0 Å². The summed E-state index contributed by atoms with van der Waals surface area (Å²) in [5.41, 5.74) is 0. The quantitative estimate of drug-likeness (QED) is 0.249. The van der Waals surface area contributed by atoms with Crippen LogP contribution in [0.2, 0.25) is 0 Å². The van der Waals surface area contributed by atoms with E-state index in [-0.39, 0.29) is 3.57 Å². The van der Waals surface area contributed by atoms with E-state index in [1.807, 2.05) is 0 Å². The lowest BCUT2D eigenvalue weighted by Crippen LogP contribution is -3.63. The van der Waals surface area contributed by atoms with E-state index in [0.717, 1.165) is 12.1 Å². The van der Waals surface area contributed by atoms with Gasteiger partial charge in [-0.3, -0.25) is 0 Å². The molecule has 1 aromatic carbocycles. The van der Waals surface area contributed by atoms with Crippen molar-refractivity contribution in [1.82, 2.24) is 0 Å². The molecular weight excluding hydrogens is 580 g/mol. The number of hydrogen-bond acceptors (Lipinski definition) is 0. The van der Waals surface area contributed by atoms with Gasteiger partial charge >= 0.3 is 62.9 Å². The van der Waals surface area contributed by atoms with Crippen molar-refractivity contribution < 1.29 is 87.1 Å². The molecule has 0 heterocycles. The Labute approximate surface area is 167 Å². The first kappa shape index (κ1) is 26.9. The summed E-state index contributed by atoms with van der Waals surface area (Å²) < 4.78 is 193. The van der Waals surface area contributed by atoms with Gasteiger partial charge in [0.1, 0.15) is 0 Å². The number of alkyl halides is 16. The average molecular weight is 587 g/mol. The molecule has 0 fully saturated rings. The van der Waals surface area contributed by atoms with Crippen molar-refractivity contribution in [2.45, 2.75) is 41.7 Å². The Hall–Kier alpha value is -1.10. The highest BCUT2D eigenvalue weighted by atomic mass is 127. The van der Waals surface area contributed by atoms with Gasteiger partial charge < -0.3 is 0 Å². The summed E-state index contributed by atoms with van der Waals surface area (Å²) in [6.45, 7) is 0. The fourth-order valence-electron chi connectivity index (χ4n) is 1.75. The molecular formula is C14H7F15I+. The lowest BCUT2D eigenvalue weighted by atomic mass is 9.91. The molecule has 0 aliphatic carbocycles. The van der Waals surface area contributed by atoms with Gasteiger partial charge in [-0.25, -0.2) is 0 Å². The minimum atomic E-state index is -8.23. The zero-order chi connectivity index (χ0) is 24.0. The molecule has 0 aliphatic rings. The van der Waals surface area contributed by atoms with Gasteiger partial charge in [0, 0.05) is 0 Å². The van der Waals surface area contributed by atoms with Crippen LogP contribution in [0.1, 0.15) is 0 Å². The van der Waals surface area contributed by atoms with Gasteiger partial charge in [-0.2, -0.15) is 65.9 Å². The Bertz CT molecular complexity index is 723. The van der Waals surface area contributed by atoms with Crippen molar-refractivity contribution in [1.29, 1.82) is 0 Å². The van der Waals surface area contributed by atoms with Gasteiger partial charge in [0.2, 0.25) is 4.43 Å². The molecule has 0 N–H and O–H groups in total. The summed E-state index contributed by atoms with van der Waals surface area (Å²) in [5.74, 6) is -45.9. The second-order valence-corrected chi connectivity index (χ2v) is 8.41. The van der Waals surface area contributed by atoms with Crippen molar-refractivity contribution in [3.05, 3.63) is 33.9 Å². The van der Waals surface area contributed by atoms with Gasteiger partial charge in [0.25, 0.3) is 0 Å². The zero-order valence-corrected chi connectivity index (χ0v) is 15.8. The maximum Gasteiger partial charge on any atom is 0.460 e.